The van der Waals surface area contributed by atoms with E-state index in [0.29, 0.717) is 10.4 Å². The molecule has 2 heterocycles. The zero-order chi connectivity index (χ0) is 19.3. The van der Waals surface area contributed by atoms with E-state index in [9.17, 15) is 28.1 Å². The number of hydrogen-bond acceptors (Lipinski definition) is 6. The van der Waals surface area contributed by atoms with Gasteiger partial charge in [-0.3, -0.25) is 24.3 Å². The molecule has 0 aliphatic rings. The van der Waals surface area contributed by atoms with Crippen LogP contribution in [0, 0.1) is 17.0 Å². The van der Waals surface area contributed by atoms with Crippen molar-refractivity contribution in [2.45, 2.75) is 32.6 Å². The van der Waals surface area contributed by atoms with E-state index in [1.165, 1.54) is 17.7 Å². The summed E-state index contributed by atoms with van der Waals surface area (Å²) in [4.78, 5) is 21.8. The topological polar surface area (TPSA) is 120 Å². The molecule has 0 aromatic carbocycles. The Kier molecular flexibility index (Phi) is 5.69. The van der Waals surface area contributed by atoms with Crippen LogP contribution >= 0.6 is 0 Å². The Labute approximate surface area is 144 Å². The number of halogens is 3. The smallest absolute Gasteiger partial charge is 0.273 e. The molecule has 0 fully saturated rings. The van der Waals surface area contributed by atoms with Crippen LogP contribution in [-0.2, 0) is 17.9 Å². The fourth-order valence-electron chi connectivity index (χ4n) is 1.99. The van der Waals surface area contributed by atoms with E-state index >= 15 is 0 Å². The maximum absolute atomic E-state index is 12.2. The first-order valence-electron chi connectivity index (χ1n) is 7.24. The van der Waals surface area contributed by atoms with E-state index in [0.717, 1.165) is 18.6 Å². The third kappa shape index (κ3) is 5.39. The number of rotatable bonds is 7. The van der Waals surface area contributed by atoms with Gasteiger partial charge in [0.2, 0.25) is 5.91 Å². The summed E-state index contributed by atoms with van der Waals surface area (Å²) in [5.74, 6) is -0.492. The molecule has 2 aromatic rings. The summed E-state index contributed by atoms with van der Waals surface area (Å²) in [6.45, 7) is 0.405. The molecule has 0 aliphatic carbocycles. The molecule has 0 spiro atoms. The molecule has 2 aromatic heterocycles. The summed E-state index contributed by atoms with van der Waals surface area (Å²) >= 11 is 0. The van der Waals surface area contributed by atoms with Crippen LogP contribution in [0.1, 0.15) is 17.8 Å². The van der Waals surface area contributed by atoms with Gasteiger partial charge in [0.1, 0.15) is 24.1 Å². The second-order valence-electron chi connectivity index (χ2n) is 5.19. The van der Waals surface area contributed by atoms with Gasteiger partial charge in [0.25, 0.3) is 0 Å². The molecule has 1 amide bonds. The fraction of sp³-hybridized carbons (Fsp3) is 0.385. The zero-order valence-corrected chi connectivity index (χ0v) is 13.5. The van der Waals surface area contributed by atoms with Crippen molar-refractivity contribution in [1.29, 1.82) is 0 Å². The molecule has 1 N–H and O–H groups in total. The predicted molar refractivity (Wildman–Crippen MR) is 82.3 cm³/mol. The average molecular weight is 373 g/mol. The minimum Gasteiger partial charge on any atom is -0.273 e. The standard InChI is InChI=1S/C13H14F3N7O3/c1-9-11(23(25)26)7-18-22(9)5-3-12(24)19-17-6-10-2-4-21(20-10)8-13(14,15)16/h2,4,6-7H,3,5,8H2,1H3,(H,19,24)/b17-6+. The number of hydrazone groups is 1. The Balaban J connectivity index is 1.82. The van der Waals surface area contributed by atoms with Crippen LogP contribution < -0.4 is 5.43 Å². The van der Waals surface area contributed by atoms with Crippen molar-refractivity contribution in [1.82, 2.24) is 25.0 Å². The second-order valence-corrected chi connectivity index (χ2v) is 5.19. The molecule has 0 bridgehead atoms. The molecule has 0 atom stereocenters. The van der Waals surface area contributed by atoms with Crippen molar-refractivity contribution in [3.63, 3.8) is 0 Å². The summed E-state index contributed by atoms with van der Waals surface area (Å²) in [6.07, 6.45) is -1.07. The summed E-state index contributed by atoms with van der Waals surface area (Å²) < 4.78 is 38.7. The van der Waals surface area contributed by atoms with Crippen LogP contribution in [0.2, 0.25) is 0 Å². The van der Waals surface area contributed by atoms with E-state index < -0.39 is 23.6 Å². The number of nitrogens with one attached hydrogen (secondary N) is 1. The number of aryl methyl sites for hydroxylation is 1. The first kappa shape index (κ1) is 19.1. The Morgan fingerprint density at radius 1 is 1.50 bits per heavy atom. The van der Waals surface area contributed by atoms with Crippen molar-refractivity contribution < 1.29 is 22.9 Å². The second kappa shape index (κ2) is 7.76. The van der Waals surface area contributed by atoms with Crippen molar-refractivity contribution in [3.05, 3.63) is 40.0 Å². The van der Waals surface area contributed by atoms with Gasteiger partial charge in [-0.15, -0.1) is 0 Å². The van der Waals surface area contributed by atoms with Crippen LogP contribution in [0.15, 0.2) is 23.6 Å². The summed E-state index contributed by atoms with van der Waals surface area (Å²) in [5.41, 5.74) is 2.52. The molecular weight excluding hydrogens is 359 g/mol. The van der Waals surface area contributed by atoms with Crippen LogP contribution in [0.5, 0.6) is 0 Å². The van der Waals surface area contributed by atoms with Gasteiger partial charge >= 0.3 is 11.9 Å². The lowest BCUT2D eigenvalue weighted by molar-refractivity contribution is -0.385. The van der Waals surface area contributed by atoms with Gasteiger partial charge in [0.15, 0.2) is 0 Å². The van der Waals surface area contributed by atoms with Gasteiger partial charge in [0, 0.05) is 12.6 Å². The van der Waals surface area contributed by atoms with Crippen molar-refractivity contribution in [2.75, 3.05) is 0 Å². The number of nitrogens with zero attached hydrogens (tertiary/aromatic N) is 6. The highest BCUT2D eigenvalue weighted by Crippen LogP contribution is 2.17. The number of carbonyl (C=O) groups excluding carboxylic acids is 1. The Hall–Kier alpha value is -3.25. The van der Waals surface area contributed by atoms with Crippen LogP contribution in [0.25, 0.3) is 0 Å². The third-order valence-corrected chi connectivity index (χ3v) is 3.21. The molecule has 26 heavy (non-hydrogen) atoms. The Morgan fingerprint density at radius 3 is 2.85 bits per heavy atom. The van der Waals surface area contributed by atoms with Gasteiger partial charge in [-0.1, -0.05) is 0 Å². The maximum Gasteiger partial charge on any atom is 0.408 e. The lowest BCUT2D eigenvalue weighted by Crippen LogP contribution is -2.20. The highest BCUT2D eigenvalue weighted by molar-refractivity contribution is 5.80. The molecular formula is C13H14F3N7O3. The predicted octanol–water partition coefficient (Wildman–Crippen LogP) is 1.40. The molecule has 10 nitrogen and oxygen atoms in total. The van der Waals surface area contributed by atoms with Gasteiger partial charge in [0.05, 0.1) is 17.7 Å². The van der Waals surface area contributed by atoms with Gasteiger partial charge in [-0.05, 0) is 13.0 Å². The monoisotopic (exact) mass is 373 g/mol. The van der Waals surface area contributed by atoms with E-state index in [1.54, 1.807) is 0 Å². The Bertz CT molecular complexity index is 825. The molecule has 0 radical (unpaired) electrons. The average Bonchev–Trinajstić information content (AvgIpc) is 3.10. The lowest BCUT2D eigenvalue weighted by atomic mass is 10.3. The highest BCUT2D eigenvalue weighted by Gasteiger charge is 2.28. The van der Waals surface area contributed by atoms with Crippen LogP contribution in [0.3, 0.4) is 0 Å². The summed E-state index contributed by atoms with van der Waals surface area (Å²) in [7, 11) is 0. The first-order valence-corrected chi connectivity index (χ1v) is 7.24. The van der Waals surface area contributed by atoms with E-state index in [-0.39, 0.29) is 24.3 Å². The fourth-order valence-corrected chi connectivity index (χ4v) is 1.99. The van der Waals surface area contributed by atoms with Gasteiger partial charge in [-0.2, -0.15) is 28.5 Å². The number of hydrogen-bond donors (Lipinski definition) is 1. The number of nitro groups is 1. The van der Waals surface area contributed by atoms with Crippen molar-refractivity contribution in [2.24, 2.45) is 5.10 Å². The highest BCUT2D eigenvalue weighted by atomic mass is 19.4. The molecule has 0 saturated heterocycles. The summed E-state index contributed by atoms with van der Waals surface area (Å²) in [6, 6.07) is 1.31. The molecule has 140 valence electrons. The quantitative estimate of drug-likeness (QED) is 0.447. The van der Waals surface area contributed by atoms with Crippen molar-refractivity contribution >= 4 is 17.8 Å². The SMILES string of the molecule is Cc1c([N+](=O)[O-])cnn1CCC(=O)N/N=C/c1ccn(CC(F)(F)F)n1. The maximum atomic E-state index is 12.2. The molecule has 13 heteroatoms. The van der Waals surface area contributed by atoms with E-state index in [2.05, 4.69) is 20.7 Å². The number of carbonyl (C=O) groups is 1. The normalized spacial score (nSPS) is 11.8. The number of aromatic nitrogens is 4. The van der Waals surface area contributed by atoms with Crippen molar-refractivity contribution in [3.8, 4) is 0 Å². The number of amides is 1. The van der Waals surface area contributed by atoms with Crippen LogP contribution in [-0.4, -0.2) is 42.8 Å². The molecule has 0 saturated carbocycles. The van der Waals surface area contributed by atoms with Crippen LogP contribution in [0.4, 0.5) is 18.9 Å². The first-order chi connectivity index (χ1) is 12.2. The lowest BCUT2D eigenvalue weighted by Gasteiger charge is -2.04. The minimum atomic E-state index is -4.38. The zero-order valence-electron chi connectivity index (χ0n) is 13.5. The summed E-state index contributed by atoms with van der Waals surface area (Å²) in [5, 5.41) is 21.8. The third-order valence-electron chi connectivity index (χ3n) is 3.21. The number of alkyl halides is 3. The molecule has 2 rings (SSSR count). The Morgan fingerprint density at radius 2 is 2.23 bits per heavy atom. The van der Waals surface area contributed by atoms with Gasteiger partial charge in [-0.25, -0.2) is 5.43 Å². The largest absolute Gasteiger partial charge is 0.408 e. The van der Waals surface area contributed by atoms with E-state index in [1.807, 2.05) is 0 Å². The molecule has 0 aliphatic heterocycles. The van der Waals surface area contributed by atoms with Gasteiger partial charge < -0.3 is 0 Å². The molecule has 0 unspecified atom stereocenters. The van der Waals surface area contributed by atoms with E-state index in [4.69, 9.17) is 0 Å². The minimum absolute atomic E-state index is 0.0421.